The Bertz CT molecular complexity index is 1630. The summed E-state index contributed by atoms with van der Waals surface area (Å²) in [5.74, 6) is 0.911. The number of aliphatic hydroxyl groups is 1. The number of amides is 1. The number of likely N-dealkylation sites (N-methyl/N-ethyl adjacent to an activating group) is 1. The molecule has 0 unspecified atom stereocenters. The van der Waals surface area contributed by atoms with E-state index in [0.717, 1.165) is 77.6 Å². The normalized spacial score (nSPS) is 14.7. The monoisotopic (exact) mass is 572 g/mol. The average molecular weight is 573 g/mol. The van der Waals surface area contributed by atoms with Crippen molar-refractivity contribution in [1.29, 1.82) is 0 Å². The lowest BCUT2D eigenvalue weighted by atomic mass is 9.97. The van der Waals surface area contributed by atoms with Crippen LogP contribution in [0.5, 0.6) is 0 Å². The number of ether oxygens (including phenoxy) is 1. The molecule has 0 spiro atoms. The fourth-order valence-electron chi connectivity index (χ4n) is 5.89. The first-order valence-corrected chi connectivity index (χ1v) is 14.1. The number of benzene rings is 2. The summed E-state index contributed by atoms with van der Waals surface area (Å²) < 4.78 is 7.23. The van der Waals surface area contributed by atoms with Gasteiger partial charge in [-0.15, -0.1) is 0 Å². The van der Waals surface area contributed by atoms with E-state index in [0.29, 0.717) is 23.1 Å². The molecule has 6 rings (SSSR count). The number of carbonyl (C=O) groups excluding carboxylic acids is 1. The van der Waals surface area contributed by atoms with Crippen LogP contribution in [0.15, 0.2) is 48.7 Å². The van der Waals surface area contributed by atoms with E-state index in [1.165, 1.54) is 5.56 Å². The lowest BCUT2D eigenvalue weighted by Crippen LogP contribution is -2.27. The Balaban J connectivity index is 1.30. The van der Waals surface area contributed by atoms with Crippen molar-refractivity contribution in [2.45, 2.75) is 32.6 Å². The zero-order valence-corrected chi connectivity index (χ0v) is 24.2. The van der Waals surface area contributed by atoms with E-state index in [9.17, 15) is 9.90 Å². The van der Waals surface area contributed by atoms with Gasteiger partial charge in [0, 0.05) is 68.9 Å². The van der Waals surface area contributed by atoms with Crippen molar-refractivity contribution >= 4 is 34.7 Å². The molecule has 4 aromatic rings. The van der Waals surface area contributed by atoms with Gasteiger partial charge >= 0.3 is 0 Å². The van der Waals surface area contributed by atoms with Crippen LogP contribution in [0.3, 0.4) is 0 Å². The molecule has 2 aliphatic rings. The molecule has 2 N–H and O–H groups in total. The van der Waals surface area contributed by atoms with Gasteiger partial charge in [0.1, 0.15) is 5.82 Å². The number of hydrogen-bond donors (Lipinski definition) is 2. The van der Waals surface area contributed by atoms with Gasteiger partial charge in [-0.05, 0) is 48.4 Å². The first kappa shape index (κ1) is 27.4. The maximum Gasteiger partial charge on any atom is 0.291 e. The molecular formula is C31H33ClN6O3. The van der Waals surface area contributed by atoms with Gasteiger partial charge in [0.2, 0.25) is 0 Å². The molecule has 0 saturated carbocycles. The third kappa shape index (κ3) is 4.99. The molecule has 0 fully saturated rings. The summed E-state index contributed by atoms with van der Waals surface area (Å²) in [6, 6.07) is 13.9. The third-order valence-electron chi connectivity index (χ3n) is 8.03. The predicted octanol–water partition coefficient (Wildman–Crippen LogP) is 4.71. The second kappa shape index (κ2) is 11.3. The summed E-state index contributed by atoms with van der Waals surface area (Å²) in [6.45, 7) is 2.75. The number of aromatic nitrogens is 3. The molecule has 2 aliphatic heterocycles. The van der Waals surface area contributed by atoms with Gasteiger partial charge in [-0.2, -0.15) is 0 Å². The molecule has 0 aliphatic carbocycles. The second-order valence-electron chi connectivity index (χ2n) is 10.6. The van der Waals surface area contributed by atoms with E-state index in [1.807, 2.05) is 41.9 Å². The Labute approximate surface area is 244 Å². The fraction of sp³-hybridized carbons (Fsp3) is 0.323. The number of nitrogens with one attached hydrogen (secondary N) is 1. The lowest BCUT2D eigenvalue weighted by molar-refractivity contribution is 0.101. The van der Waals surface area contributed by atoms with Crippen molar-refractivity contribution in [3.63, 3.8) is 0 Å². The molecular weight excluding hydrogens is 540 g/mol. The van der Waals surface area contributed by atoms with E-state index >= 15 is 0 Å². The fourth-order valence-corrected chi connectivity index (χ4v) is 6.17. The molecule has 0 bridgehead atoms. The first-order chi connectivity index (χ1) is 19.9. The van der Waals surface area contributed by atoms with Gasteiger partial charge in [0.15, 0.2) is 5.82 Å². The smallest absolute Gasteiger partial charge is 0.291 e. The summed E-state index contributed by atoms with van der Waals surface area (Å²) in [5.41, 5.74) is 8.37. The Morgan fingerprint density at radius 2 is 1.90 bits per heavy atom. The number of fused-ring (bicyclic) bond motifs is 2. The van der Waals surface area contributed by atoms with E-state index in [-0.39, 0.29) is 12.5 Å². The van der Waals surface area contributed by atoms with E-state index in [1.54, 1.807) is 13.3 Å². The quantitative estimate of drug-likeness (QED) is 0.331. The van der Waals surface area contributed by atoms with E-state index in [4.69, 9.17) is 16.3 Å². The SMILES string of the molecule is COCc1cc(N2CCc3c(-c4cccc(NC(=O)c5nc6c(n5C)CCN(C)C6)c4Cl)cccc32)ncc1CO. The Morgan fingerprint density at radius 3 is 2.71 bits per heavy atom. The van der Waals surface area contributed by atoms with Gasteiger partial charge in [-0.25, -0.2) is 9.97 Å². The molecule has 2 aromatic heterocycles. The zero-order chi connectivity index (χ0) is 28.7. The predicted molar refractivity (Wildman–Crippen MR) is 160 cm³/mol. The first-order valence-electron chi connectivity index (χ1n) is 13.7. The number of hydrogen-bond acceptors (Lipinski definition) is 7. The van der Waals surface area contributed by atoms with Gasteiger partial charge in [0.25, 0.3) is 5.91 Å². The van der Waals surface area contributed by atoms with Gasteiger partial charge in [-0.1, -0.05) is 35.9 Å². The van der Waals surface area contributed by atoms with E-state index < -0.39 is 0 Å². The van der Waals surface area contributed by atoms with Crippen LogP contribution in [-0.2, 0) is 44.4 Å². The van der Waals surface area contributed by atoms with Crippen LogP contribution in [0.1, 0.15) is 38.7 Å². The maximum absolute atomic E-state index is 13.3. The minimum Gasteiger partial charge on any atom is -0.392 e. The molecule has 9 nitrogen and oxygen atoms in total. The zero-order valence-electron chi connectivity index (χ0n) is 23.4. The minimum atomic E-state index is -0.280. The molecule has 4 heterocycles. The number of methoxy groups -OCH3 is 1. The molecule has 41 heavy (non-hydrogen) atoms. The highest BCUT2D eigenvalue weighted by Crippen LogP contribution is 2.43. The topological polar surface area (TPSA) is 95.8 Å². The number of aliphatic hydroxyl groups excluding tert-OH is 1. The van der Waals surface area contributed by atoms with Crippen LogP contribution in [0.25, 0.3) is 11.1 Å². The van der Waals surface area contributed by atoms with Crippen molar-refractivity contribution < 1.29 is 14.6 Å². The van der Waals surface area contributed by atoms with Gasteiger partial charge in [-0.3, -0.25) is 4.79 Å². The number of nitrogens with zero attached hydrogens (tertiary/aromatic N) is 5. The van der Waals surface area contributed by atoms with Gasteiger partial charge < -0.3 is 29.5 Å². The summed E-state index contributed by atoms with van der Waals surface area (Å²) in [5, 5.41) is 13.2. The van der Waals surface area contributed by atoms with Crippen molar-refractivity contribution in [2.75, 3.05) is 37.5 Å². The van der Waals surface area contributed by atoms with E-state index in [2.05, 4.69) is 44.3 Å². The number of carbonyl (C=O) groups is 1. The highest BCUT2D eigenvalue weighted by atomic mass is 35.5. The number of rotatable bonds is 7. The van der Waals surface area contributed by atoms with Crippen molar-refractivity contribution in [3.05, 3.63) is 87.6 Å². The number of anilines is 3. The Morgan fingerprint density at radius 1 is 1.10 bits per heavy atom. The average Bonchev–Trinajstić information content (AvgIpc) is 3.55. The third-order valence-corrected chi connectivity index (χ3v) is 8.44. The van der Waals surface area contributed by atoms with Crippen LogP contribution in [0.2, 0.25) is 5.02 Å². The largest absolute Gasteiger partial charge is 0.392 e. The Hall–Kier alpha value is -3.76. The maximum atomic E-state index is 13.3. The molecule has 2 aromatic carbocycles. The molecule has 1 amide bonds. The number of pyridine rings is 1. The Kier molecular flexibility index (Phi) is 7.52. The molecule has 0 radical (unpaired) electrons. The molecule has 0 saturated heterocycles. The summed E-state index contributed by atoms with van der Waals surface area (Å²) >= 11 is 6.97. The standard InChI is InChI=1S/C31H33ClN6O3/c1-36-12-11-27-25(16-36)34-30(37(27)2)31(40)35-24-8-4-7-23(29(24)32)21-6-5-9-26-22(21)10-13-38(26)28-14-19(18-41-3)20(17-39)15-33-28/h4-9,14-15,39H,10-13,16-18H2,1-3H3,(H,35,40). The number of halogens is 1. The highest BCUT2D eigenvalue weighted by molar-refractivity contribution is 6.36. The summed E-state index contributed by atoms with van der Waals surface area (Å²) in [6.07, 6.45) is 3.39. The molecule has 10 heteroatoms. The van der Waals surface area contributed by atoms with Crippen molar-refractivity contribution in [1.82, 2.24) is 19.4 Å². The van der Waals surface area contributed by atoms with Crippen LogP contribution < -0.4 is 10.2 Å². The second-order valence-corrected chi connectivity index (χ2v) is 11.0. The van der Waals surface area contributed by atoms with Crippen LogP contribution in [0.4, 0.5) is 17.2 Å². The van der Waals surface area contributed by atoms with Crippen molar-refractivity contribution in [3.8, 4) is 11.1 Å². The van der Waals surface area contributed by atoms with Crippen LogP contribution >= 0.6 is 11.6 Å². The summed E-state index contributed by atoms with van der Waals surface area (Å²) in [4.78, 5) is 27.0. The lowest BCUT2D eigenvalue weighted by Gasteiger charge is -2.21. The van der Waals surface area contributed by atoms with Crippen molar-refractivity contribution in [2.24, 2.45) is 7.05 Å². The van der Waals surface area contributed by atoms with Gasteiger partial charge in [0.05, 0.1) is 29.6 Å². The minimum absolute atomic E-state index is 0.0854. The molecule has 212 valence electrons. The highest BCUT2D eigenvalue weighted by Gasteiger charge is 2.27. The summed E-state index contributed by atoms with van der Waals surface area (Å²) in [7, 11) is 5.60. The number of imidazole rings is 1. The van der Waals surface area contributed by atoms with Crippen LogP contribution in [0, 0.1) is 0 Å². The molecule has 0 atom stereocenters. The van der Waals surface area contributed by atoms with Crippen LogP contribution in [-0.4, -0.2) is 57.7 Å².